The number of amides is 2. The van der Waals surface area contributed by atoms with E-state index in [1.807, 2.05) is 24.3 Å². The summed E-state index contributed by atoms with van der Waals surface area (Å²) in [6.45, 7) is 10.8. The second-order valence-electron chi connectivity index (χ2n) is 12.0. The number of pyridine rings is 2. The molecule has 40 heavy (non-hydrogen) atoms. The van der Waals surface area contributed by atoms with Crippen molar-refractivity contribution >= 4 is 23.6 Å². The van der Waals surface area contributed by atoms with Gasteiger partial charge in [-0.25, -0.2) is 14.8 Å². The van der Waals surface area contributed by atoms with Crippen LogP contribution in [0.15, 0.2) is 24.3 Å². The Labute approximate surface area is 234 Å². The molecule has 11 heteroatoms. The first-order valence-electron chi connectivity index (χ1n) is 14.0. The van der Waals surface area contributed by atoms with Gasteiger partial charge in [-0.05, 0) is 56.7 Å². The number of alkyl carbamates (subject to hydrolysis) is 1. The summed E-state index contributed by atoms with van der Waals surface area (Å²) in [4.78, 5) is 39.5. The van der Waals surface area contributed by atoms with Gasteiger partial charge >= 0.3 is 6.09 Å². The van der Waals surface area contributed by atoms with Crippen molar-refractivity contribution in [2.24, 2.45) is 11.8 Å². The number of anilines is 2. The minimum absolute atomic E-state index is 0.0235. The van der Waals surface area contributed by atoms with E-state index in [4.69, 9.17) is 14.7 Å². The Bertz CT molecular complexity index is 1470. The van der Waals surface area contributed by atoms with Crippen LogP contribution in [0.25, 0.3) is 11.5 Å². The van der Waals surface area contributed by atoms with E-state index >= 15 is 0 Å². The molecule has 0 spiro atoms. The van der Waals surface area contributed by atoms with E-state index in [1.54, 1.807) is 4.90 Å². The number of hydrogen-bond donors (Lipinski definition) is 1. The Morgan fingerprint density at radius 1 is 1.12 bits per heavy atom. The number of hydrogen-bond acceptors (Lipinski definition) is 8. The summed E-state index contributed by atoms with van der Waals surface area (Å²) in [7, 11) is 1.52. The standard InChI is InChI=1S/C29H36N8O3/c1-17-11-18(2)14-35(13-17)25-12-19-20(22(32-25)16-40-28(39)30-5)15-36(27(19)38)23-8-6-7-21(31-23)26-34-33-24-9-10-29(3,4)37(24)26/h6-8,12,17-18H,9-11,13-16H2,1-5H3,(H,30,39). The lowest BCUT2D eigenvalue weighted by atomic mass is 9.92. The van der Waals surface area contributed by atoms with Crippen molar-refractivity contribution in [1.82, 2.24) is 30.0 Å². The fraction of sp³-hybridized carbons (Fsp3) is 0.517. The van der Waals surface area contributed by atoms with Crippen LogP contribution in [-0.4, -0.2) is 56.9 Å². The van der Waals surface area contributed by atoms with Crippen LogP contribution in [-0.2, 0) is 29.8 Å². The zero-order valence-electron chi connectivity index (χ0n) is 23.8. The minimum atomic E-state index is -0.541. The van der Waals surface area contributed by atoms with E-state index in [1.165, 1.54) is 7.05 Å². The molecule has 2 unspecified atom stereocenters. The summed E-state index contributed by atoms with van der Waals surface area (Å²) in [6, 6.07) is 7.53. The third kappa shape index (κ3) is 4.56. The molecule has 1 N–H and O–H groups in total. The van der Waals surface area contributed by atoms with Crippen LogP contribution in [0, 0.1) is 11.8 Å². The molecule has 2 atom stereocenters. The first-order valence-corrected chi connectivity index (χ1v) is 14.0. The van der Waals surface area contributed by atoms with E-state index in [9.17, 15) is 9.59 Å². The van der Waals surface area contributed by atoms with E-state index in [2.05, 4.69) is 52.7 Å². The number of carbonyl (C=O) groups is 2. The lowest BCUT2D eigenvalue weighted by Crippen LogP contribution is -2.39. The molecule has 0 aromatic carbocycles. The van der Waals surface area contributed by atoms with Gasteiger partial charge in [-0.1, -0.05) is 19.9 Å². The maximum absolute atomic E-state index is 13.9. The smallest absolute Gasteiger partial charge is 0.407 e. The summed E-state index contributed by atoms with van der Waals surface area (Å²) >= 11 is 0. The summed E-state index contributed by atoms with van der Waals surface area (Å²) < 4.78 is 7.56. The Kier molecular flexibility index (Phi) is 6.47. The molecular weight excluding hydrogens is 508 g/mol. The molecule has 6 heterocycles. The lowest BCUT2D eigenvalue weighted by molar-refractivity contribution is 0.0996. The predicted molar refractivity (Wildman–Crippen MR) is 150 cm³/mol. The van der Waals surface area contributed by atoms with Gasteiger partial charge in [0.15, 0.2) is 5.82 Å². The van der Waals surface area contributed by atoms with Gasteiger partial charge in [0, 0.05) is 37.7 Å². The number of piperidine rings is 1. The molecule has 2 amide bonds. The molecule has 1 saturated heterocycles. The summed E-state index contributed by atoms with van der Waals surface area (Å²) in [6.07, 6.45) is 2.50. The number of nitrogens with one attached hydrogen (secondary N) is 1. The third-order valence-electron chi connectivity index (χ3n) is 8.26. The molecule has 0 saturated carbocycles. The van der Waals surface area contributed by atoms with Gasteiger partial charge in [-0.2, -0.15) is 0 Å². The number of nitrogens with zero attached hydrogens (tertiary/aromatic N) is 7. The van der Waals surface area contributed by atoms with Gasteiger partial charge in [0.2, 0.25) is 0 Å². The van der Waals surface area contributed by atoms with E-state index < -0.39 is 6.09 Å². The summed E-state index contributed by atoms with van der Waals surface area (Å²) in [5.74, 6) is 3.84. The van der Waals surface area contributed by atoms with Crippen LogP contribution >= 0.6 is 0 Å². The van der Waals surface area contributed by atoms with Crippen LogP contribution in [0.4, 0.5) is 16.4 Å². The van der Waals surface area contributed by atoms with Gasteiger partial charge < -0.3 is 19.5 Å². The molecule has 3 aliphatic heterocycles. The number of aromatic nitrogens is 5. The SMILES string of the molecule is CNC(=O)OCc1nc(N2CC(C)CC(C)C2)cc2c1CN(c1cccc(-c3nnc4n3C(C)(C)CC4)n1)C2=O. The number of ether oxygens (including phenoxy) is 1. The van der Waals surface area contributed by atoms with Gasteiger partial charge in [-0.3, -0.25) is 9.69 Å². The Balaban J connectivity index is 1.35. The summed E-state index contributed by atoms with van der Waals surface area (Å²) in [5.41, 5.74) is 2.49. The highest BCUT2D eigenvalue weighted by Gasteiger charge is 2.36. The van der Waals surface area contributed by atoms with Crippen LogP contribution < -0.4 is 15.1 Å². The van der Waals surface area contributed by atoms with Crippen molar-refractivity contribution in [2.75, 3.05) is 29.9 Å². The van der Waals surface area contributed by atoms with Crippen molar-refractivity contribution in [1.29, 1.82) is 0 Å². The molecular formula is C29H36N8O3. The fourth-order valence-corrected chi connectivity index (χ4v) is 6.38. The van der Waals surface area contributed by atoms with E-state index in [0.717, 1.165) is 49.6 Å². The normalized spacial score (nSPS) is 21.4. The van der Waals surface area contributed by atoms with Crippen LogP contribution in [0.3, 0.4) is 0 Å². The largest absolute Gasteiger partial charge is 0.443 e. The number of aryl methyl sites for hydroxylation is 1. The number of carbonyl (C=O) groups excluding carboxylic acids is 2. The Morgan fingerprint density at radius 3 is 2.65 bits per heavy atom. The molecule has 3 aliphatic rings. The maximum atomic E-state index is 13.9. The van der Waals surface area contributed by atoms with E-state index in [-0.39, 0.29) is 18.1 Å². The van der Waals surface area contributed by atoms with E-state index in [0.29, 0.717) is 47.0 Å². The molecule has 0 aliphatic carbocycles. The Hall–Kier alpha value is -4.02. The van der Waals surface area contributed by atoms with Gasteiger partial charge in [0.05, 0.1) is 17.8 Å². The summed E-state index contributed by atoms with van der Waals surface area (Å²) in [5, 5.41) is 11.3. The van der Waals surface area contributed by atoms with Crippen molar-refractivity contribution in [3.05, 3.63) is 46.9 Å². The number of rotatable bonds is 5. The van der Waals surface area contributed by atoms with Crippen LogP contribution in [0.1, 0.15) is 68.0 Å². The zero-order valence-corrected chi connectivity index (χ0v) is 23.8. The monoisotopic (exact) mass is 544 g/mol. The first-order chi connectivity index (χ1) is 19.1. The van der Waals surface area contributed by atoms with Gasteiger partial charge in [0.1, 0.15) is 29.8 Å². The second kappa shape index (κ2) is 9.87. The topological polar surface area (TPSA) is 118 Å². The highest BCUT2D eigenvalue weighted by Crippen LogP contribution is 2.37. The van der Waals surface area contributed by atoms with Crippen molar-refractivity contribution in [2.45, 2.75) is 65.6 Å². The zero-order chi connectivity index (χ0) is 28.2. The molecule has 0 radical (unpaired) electrons. The molecule has 1 fully saturated rings. The molecule has 3 aromatic heterocycles. The average Bonchev–Trinajstić information content (AvgIpc) is 3.60. The minimum Gasteiger partial charge on any atom is -0.443 e. The fourth-order valence-electron chi connectivity index (χ4n) is 6.38. The molecule has 3 aromatic rings. The number of fused-ring (bicyclic) bond motifs is 2. The quantitative estimate of drug-likeness (QED) is 0.514. The van der Waals surface area contributed by atoms with Gasteiger partial charge in [-0.15, -0.1) is 10.2 Å². The second-order valence-corrected chi connectivity index (χ2v) is 12.0. The van der Waals surface area contributed by atoms with Crippen molar-refractivity contribution < 1.29 is 14.3 Å². The highest BCUT2D eigenvalue weighted by molar-refractivity contribution is 6.10. The van der Waals surface area contributed by atoms with Crippen LogP contribution in [0.2, 0.25) is 0 Å². The molecule has 6 rings (SSSR count). The van der Waals surface area contributed by atoms with Gasteiger partial charge in [0.25, 0.3) is 5.91 Å². The molecule has 0 bridgehead atoms. The van der Waals surface area contributed by atoms with Crippen molar-refractivity contribution in [3.63, 3.8) is 0 Å². The average molecular weight is 545 g/mol. The first kappa shape index (κ1) is 26.2. The Morgan fingerprint density at radius 2 is 1.90 bits per heavy atom. The molecule has 11 nitrogen and oxygen atoms in total. The van der Waals surface area contributed by atoms with Crippen LogP contribution in [0.5, 0.6) is 0 Å². The lowest BCUT2D eigenvalue weighted by Gasteiger charge is -2.36. The molecule has 210 valence electrons. The third-order valence-corrected chi connectivity index (χ3v) is 8.26. The highest BCUT2D eigenvalue weighted by atomic mass is 16.5. The maximum Gasteiger partial charge on any atom is 0.407 e. The van der Waals surface area contributed by atoms with Crippen molar-refractivity contribution in [3.8, 4) is 11.5 Å². The predicted octanol–water partition coefficient (Wildman–Crippen LogP) is 3.92.